The van der Waals surface area contributed by atoms with E-state index in [1.807, 2.05) is 13.8 Å². The van der Waals surface area contributed by atoms with Crippen LogP contribution in [0.2, 0.25) is 0 Å². The van der Waals surface area contributed by atoms with Gasteiger partial charge in [-0.2, -0.15) is 0 Å². The number of hydrogen-bond donors (Lipinski definition) is 0. The SMILES string of the molecule is C[C@@H]1O[C@@]1(C)CCl. The lowest BCUT2D eigenvalue weighted by molar-refractivity contribution is 0.331. The minimum Gasteiger partial charge on any atom is -0.365 e. The molecule has 0 N–H and O–H groups in total. The first-order valence-electron chi connectivity index (χ1n) is 2.43. The maximum atomic E-state index is 5.51. The maximum Gasteiger partial charge on any atom is 0.105 e. The second kappa shape index (κ2) is 1.36. The van der Waals surface area contributed by atoms with Crippen LogP contribution < -0.4 is 0 Å². The molecule has 1 aliphatic heterocycles. The summed E-state index contributed by atoms with van der Waals surface area (Å²) in [5, 5.41) is 0. The van der Waals surface area contributed by atoms with Crippen molar-refractivity contribution in [2.45, 2.75) is 25.6 Å². The Morgan fingerprint density at radius 3 is 2.29 bits per heavy atom. The lowest BCUT2D eigenvalue weighted by atomic mass is 10.2. The highest BCUT2D eigenvalue weighted by Crippen LogP contribution is 2.36. The Bertz CT molecular complexity index is 80.1. The Morgan fingerprint density at radius 1 is 1.86 bits per heavy atom. The van der Waals surface area contributed by atoms with Crippen molar-refractivity contribution in [1.29, 1.82) is 0 Å². The topological polar surface area (TPSA) is 12.5 Å². The van der Waals surface area contributed by atoms with E-state index in [1.54, 1.807) is 0 Å². The van der Waals surface area contributed by atoms with E-state index in [0.717, 1.165) is 0 Å². The Labute approximate surface area is 48.6 Å². The molecule has 0 spiro atoms. The monoisotopic (exact) mass is 120 g/mol. The molecule has 0 aromatic rings. The van der Waals surface area contributed by atoms with Crippen LogP contribution in [0.3, 0.4) is 0 Å². The molecule has 42 valence electrons. The molecule has 0 aromatic carbocycles. The van der Waals surface area contributed by atoms with E-state index in [-0.39, 0.29) is 5.60 Å². The molecule has 0 radical (unpaired) electrons. The Morgan fingerprint density at radius 2 is 2.29 bits per heavy atom. The highest BCUT2D eigenvalue weighted by molar-refractivity contribution is 6.18. The molecule has 1 saturated heterocycles. The molecule has 1 fully saturated rings. The molecule has 0 unspecified atom stereocenters. The van der Waals surface area contributed by atoms with Gasteiger partial charge in [-0.3, -0.25) is 0 Å². The molecule has 0 amide bonds. The van der Waals surface area contributed by atoms with Gasteiger partial charge in [0.15, 0.2) is 0 Å². The zero-order valence-electron chi connectivity index (χ0n) is 4.57. The molecule has 1 aliphatic rings. The number of epoxide rings is 1. The first-order valence-corrected chi connectivity index (χ1v) is 2.96. The lowest BCUT2D eigenvalue weighted by Crippen LogP contribution is -2.08. The van der Waals surface area contributed by atoms with E-state index in [9.17, 15) is 0 Å². The molecule has 1 rings (SSSR count). The summed E-state index contributed by atoms with van der Waals surface area (Å²) >= 11 is 5.51. The largest absolute Gasteiger partial charge is 0.365 e. The molecular weight excluding hydrogens is 112 g/mol. The number of alkyl halides is 1. The summed E-state index contributed by atoms with van der Waals surface area (Å²) in [5.41, 5.74) is 0.0154. The van der Waals surface area contributed by atoms with E-state index in [1.165, 1.54) is 0 Å². The standard InChI is InChI=1S/C5H9ClO/c1-4-5(2,3-6)7-4/h4H,3H2,1-2H3/t4-,5-/m0/s1. The average Bonchev–Trinajstić information content (AvgIpc) is 2.18. The van der Waals surface area contributed by atoms with Crippen LogP contribution >= 0.6 is 11.6 Å². The van der Waals surface area contributed by atoms with E-state index in [0.29, 0.717) is 12.0 Å². The Hall–Kier alpha value is 0.250. The van der Waals surface area contributed by atoms with Gasteiger partial charge in [0.2, 0.25) is 0 Å². The van der Waals surface area contributed by atoms with E-state index in [2.05, 4.69) is 0 Å². The van der Waals surface area contributed by atoms with Crippen LogP contribution in [-0.4, -0.2) is 17.6 Å². The molecule has 0 saturated carbocycles. The normalized spacial score (nSPS) is 49.3. The van der Waals surface area contributed by atoms with Crippen LogP contribution in [0.4, 0.5) is 0 Å². The van der Waals surface area contributed by atoms with Crippen LogP contribution in [0, 0.1) is 0 Å². The Kier molecular flexibility index (Phi) is 1.05. The minimum atomic E-state index is 0.0154. The fourth-order valence-corrected chi connectivity index (χ4v) is 0.790. The van der Waals surface area contributed by atoms with Crippen molar-refractivity contribution < 1.29 is 4.74 Å². The third-order valence-corrected chi connectivity index (χ3v) is 2.04. The third-order valence-electron chi connectivity index (χ3n) is 1.51. The van der Waals surface area contributed by atoms with Crippen molar-refractivity contribution in [3.8, 4) is 0 Å². The second-order valence-electron chi connectivity index (χ2n) is 2.21. The Balaban J connectivity index is 2.36. The van der Waals surface area contributed by atoms with Gasteiger partial charge in [-0.05, 0) is 13.8 Å². The average molecular weight is 121 g/mol. The summed E-state index contributed by atoms with van der Waals surface area (Å²) in [4.78, 5) is 0. The molecule has 2 atom stereocenters. The van der Waals surface area contributed by atoms with Crippen LogP contribution in [0.25, 0.3) is 0 Å². The number of ether oxygens (including phenoxy) is 1. The van der Waals surface area contributed by atoms with E-state index >= 15 is 0 Å². The van der Waals surface area contributed by atoms with Crippen molar-refractivity contribution >= 4 is 11.6 Å². The van der Waals surface area contributed by atoms with Gasteiger partial charge < -0.3 is 4.74 Å². The zero-order valence-corrected chi connectivity index (χ0v) is 5.33. The quantitative estimate of drug-likeness (QED) is 0.377. The fraction of sp³-hybridized carbons (Fsp3) is 1.00. The zero-order chi connectivity index (χ0) is 5.49. The maximum absolute atomic E-state index is 5.51. The van der Waals surface area contributed by atoms with Crippen molar-refractivity contribution in [1.82, 2.24) is 0 Å². The minimum absolute atomic E-state index is 0.0154. The van der Waals surface area contributed by atoms with Gasteiger partial charge in [0.1, 0.15) is 5.60 Å². The number of rotatable bonds is 1. The van der Waals surface area contributed by atoms with Crippen molar-refractivity contribution in [3.63, 3.8) is 0 Å². The van der Waals surface area contributed by atoms with Gasteiger partial charge in [0, 0.05) is 0 Å². The predicted octanol–water partition coefficient (Wildman–Crippen LogP) is 1.40. The van der Waals surface area contributed by atoms with Gasteiger partial charge >= 0.3 is 0 Å². The van der Waals surface area contributed by atoms with Crippen LogP contribution in [0.1, 0.15) is 13.8 Å². The molecule has 1 heterocycles. The van der Waals surface area contributed by atoms with Crippen LogP contribution in [-0.2, 0) is 4.74 Å². The van der Waals surface area contributed by atoms with Gasteiger partial charge in [-0.25, -0.2) is 0 Å². The predicted molar refractivity (Wildman–Crippen MR) is 29.7 cm³/mol. The molecule has 0 aliphatic carbocycles. The number of hydrogen-bond acceptors (Lipinski definition) is 1. The third kappa shape index (κ3) is 0.752. The summed E-state index contributed by atoms with van der Waals surface area (Å²) in [6, 6.07) is 0. The molecule has 0 bridgehead atoms. The molecule has 0 aromatic heterocycles. The van der Waals surface area contributed by atoms with Crippen molar-refractivity contribution in [3.05, 3.63) is 0 Å². The lowest BCUT2D eigenvalue weighted by Gasteiger charge is -1.92. The van der Waals surface area contributed by atoms with Crippen molar-refractivity contribution in [2.24, 2.45) is 0 Å². The van der Waals surface area contributed by atoms with Crippen LogP contribution in [0.15, 0.2) is 0 Å². The summed E-state index contributed by atoms with van der Waals surface area (Å²) in [5.74, 6) is 0.619. The van der Waals surface area contributed by atoms with E-state index < -0.39 is 0 Å². The van der Waals surface area contributed by atoms with Gasteiger partial charge in [0.05, 0.1) is 12.0 Å². The van der Waals surface area contributed by atoms with E-state index in [4.69, 9.17) is 16.3 Å². The fourth-order valence-electron chi connectivity index (χ4n) is 0.510. The molecular formula is C5H9ClO. The van der Waals surface area contributed by atoms with Gasteiger partial charge in [0.25, 0.3) is 0 Å². The smallest absolute Gasteiger partial charge is 0.105 e. The molecule has 1 nitrogen and oxygen atoms in total. The highest BCUT2D eigenvalue weighted by atomic mass is 35.5. The molecule has 2 heteroatoms. The summed E-state index contributed by atoms with van der Waals surface area (Å²) in [6.45, 7) is 4.05. The summed E-state index contributed by atoms with van der Waals surface area (Å²) < 4.78 is 5.12. The van der Waals surface area contributed by atoms with Crippen molar-refractivity contribution in [2.75, 3.05) is 5.88 Å². The van der Waals surface area contributed by atoms with Gasteiger partial charge in [-0.15, -0.1) is 11.6 Å². The summed E-state index contributed by atoms with van der Waals surface area (Å²) in [6.07, 6.45) is 0.380. The van der Waals surface area contributed by atoms with Gasteiger partial charge in [-0.1, -0.05) is 0 Å². The van der Waals surface area contributed by atoms with Crippen LogP contribution in [0.5, 0.6) is 0 Å². The second-order valence-corrected chi connectivity index (χ2v) is 2.47. The number of halogens is 1. The first kappa shape index (κ1) is 5.39. The highest BCUT2D eigenvalue weighted by Gasteiger charge is 2.47. The first-order chi connectivity index (χ1) is 3.19. The molecule has 7 heavy (non-hydrogen) atoms. The summed E-state index contributed by atoms with van der Waals surface area (Å²) in [7, 11) is 0.